The van der Waals surface area contributed by atoms with Crippen molar-refractivity contribution >= 4 is 5.78 Å². The van der Waals surface area contributed by atoms with E-state index in [0.717, 1.165) is 45.1 Å². The van der Waals surface area contributed by atoms with E-state index < -0.39 is 0 Å². The molecule has 1 aliphatic carbocycles. The number of hydrogen-bond acceptors (Lipinski definition) is 3. The van der Waals surface area contributed by atoms with Crippen molar-refractivity contribution in [2.24, 2.45) is 17.6 Å². The van der Waals surface area contributed by atoms with Gasteiger partial charge in [-0.1, -0.05) is 6.92 Å². The van der Waals surface area contributed by atoms with Crippen molar-refractivity contribution in [2.75, 3.05) is 13.2 Å². The number of carbonyl (C=O) groups excluding carboxylic acids is 1. The average molecular weight is 239 g/mol. The zero-order valence-corrected chi connectivity index (χ0v) is 10.9. The van der Waals surface area contributed by atoms with Crippen LogP contribution >= 0.6 is 0 Å². The van der Waals surface area contributed by atoms with Gasteiger partial charge < -0.3 is 10.5 Å². The van der Waals surface area contributed by atoms with Gasteiger partial charge in [0.1, 0.15) is 5.78 Å². The lowest BCUT2D eigenvalue weighted by molar-refractivity contribution is -0.157. The minimum absolute atomic E-state index is 0.0894. The standard InChI is InChI=1S/C14H25NO2/c1-11(4-2-8-15)13(16)12-5-9-17-14(10-12)6-3-7-14/h11-12H,2-10,15H2,1H3. The van der Waals surface area contributed by atoms with Gasteiger partial charge >= 0.3 is 0 Å². The second kappa shape index (κ2) is 5.49. The lowest BCUT2D eigenvalue weighted by atomic mass is 9.70. The first kappa shape index (κ1) is 13.0. The average Bonchev–Trinajstić information content (AvgIpc) is 2.33. The maximum absolute atomic E-state index is 12.3. The summed E-state index contributed by atoms with van der Waals surface area (Å²) in [5.74, 6) is 0.878. The van der Waals surface area contributed by atoms with Gasteiger partial charge in [0.25, 0.3) is 0 Å². The van der Waals surface area contributed by atoms with E-state index in [1.165, 1.54) is 6.42 Å². The van der Waals surface area contributed by atoms with Crippen LogP contribution < -0.4 is 5.73 Å². The van der Waals surface area contributed by atoms with Gasteiger partial charge in [0.05, 0.1) is 5.60 Å². The molecule has 0 bridgehead atoms. The molecule has 0 radical (unpaired) electrons. The van der Waals surface area contributed by atoms with Crippen LogP contribution in [0.1, 0.15) is 51.9 Å². The van der Waals surface area contributed by atoms with Gasteiger partial charge in [-0.15, -0.1) is 0 Å². The van der Waals surface area contributed by atoms with E-state index in [1.807, 2.05) is 0 Å². The molecule has 0 aromatic heterocycles. The summed E-state index contributed by atoms with van der Waals surface area (Å²) in [6.45, 7) is 3.52. The lowest BCUT2D eigenvalue weighted by Crippen LogP contribution is -2.47. The molecule has 2 fully saturated rings. The summed E-state index contributed by atoms with van der Waals surface area (Å²) in [6, 6.07) is 0. The first-order chi connectivity index (χ1) is 8.17. The van der Waals surface area contributed by atoms with Crippen LogP contribution in [0.4, 0.5) is 0 Å². The van der Waals surface area contributed by atoms with E-state index in [-0.39, 0.29) is 17.4 Å². The van der Waals surface area contributed by atoms with Crippen LogP contribution in [0, 0.1) is 11.8 Å². The van der Waals surface area contributed by atoms with Crippen LogP contribution in [0.5, 0.6) is 0 Å². The molecule has 1 heterocycles. The van der Waals surface area contributed by atoms with Crippen LogP contribution in [0.2, 0.25) is 0 Å². The van der Waals surface area contributed by atoms with Crippen molar-refractivity contribution < 1.29 is 9.53 Å². The second-order valence-corrected chi connectivity index (χ2v) is 5.81. The predicted molar refractivity (Wildman–Crippen MR) is 67.7 cm³/mol. The largest absolute Gasteiger partial charge is 0.375 e. The summed E-state index contributed by atoms with van der Waals surface area (Å²) in [4.78, 5) is 12.3. The minimum atomic E-state index is 0.0894. The van der Waals surface area contributed by atoms with E-state index in [2.05, 4.69) is 6.92 Å². The molecule has 1 saturated heterocycles. The first-order valence-corrected chi connectivity index (χ1v) is 7.05. The van der Waals surface area contributed by atoms with Gasteiger partial charge in [-0.3, -0.25) is 4.79 Å². The lowest BCUT2D eigenvalue weighted by Gasteiger charge is -2.47. The molecular formula is C14H25NO2. The topological polar surface area (TPSA) is 52.3 Å². The Morgan fingerprint density at radius 2 is 2.29 bits per heavy atom. The third kappa shape index (κ3) is 2.89. The Balaban J connectivity index is 1.86. The normalized spacial score (nSPS) is 28.7. The summed E-state index contributed by atoms with van der Waals surface area (Å²) in [7, 11) is 0. The van der Waals surface area contributed by atoms with Crippen LogP contribution in [-0.4, -0.2) is 24.5 Å². The molecular weight excluding hydrogens is 214 g/mol. The van der Waals surface area contributed by atoms with Gasteiger partial charge in [-0.05, 0) is 51.5 Å². The van der Waals surface area contributed by atoms with Crippen molar-refractivity contribution in [1.29, 1.82) is 0 Å². The number of ketones is 1. The molecule has 0 aromatic carbocycles. The highest BCUT2D eigenvalue weighted by molar-refractivity contribution is 5.83. The van der Waals surface area contributed by atoms with Crippen molar-refractivity contribution in [1.82, 2.24) is 0 Å². The Hall–Kier alpha value is -0.410. The predicted octanol–water partition coefficient (Wildman–Crippen LogP) is 2.28. The molecule has 2 unspecified atom stereocenters. The molecule has 1 saturated carbocycles. The van der Waals surface area contributed by atoms with Crippen molar-refractivity contribution in [2.45, 2.75) is 57.5 Å². The summed E-state index contributed by atoms with van der Waals surface area (Å²) in [5, 5.41) is 0. The minimum Gasteiger partial charge on any atom is -0.375 e. The van der Waals surface area contributed by atoms with Crippen LogP contribution in [0.3, 0.4) is 0 Å². The number of rotatable bonds is 5. The third-order valence-corrected chi connectivity index (χ3v) is 4.49. The molecule has 3 nitrogen and oxygen atoms in total. The van der Waals surface area contributed by atoms with E-state index in [4.69, 9.17) is 10.5 Å². The van der Waals surface area contributed by atoms with Crippen molar-refractivity contribution in [3.63, 3.8) is 0 Å². The molecule has 1 aliphatic heterocycles. The quantitative estimate of drug-likeness (QED) is 0.800. The van der Waals surface area contributed by atoms with E-state index in [0.29, 0.717) is 12.3 Å². The Labute approximate surface area is 104 Å². The van der Waals surface area contributed by atoms with Gasteiger partial charge in [-0.25, -0.2) is 0 Å². The van der Waals surface area contributed by atoms with Gasteiger partial charge in [0.15, 0.2) is 0 Å². The highest BCUT2D eigenvalue weighted by atomic mass is 16.5. The SMILES string of the molecule is CC(CCCN)C(=O)C1CCOC2(CCC2)C1. The first-order valence-electron chi connectivity index (χ1n) is 7.05. The highest BCUT2D eigenvalue weighted by Gasteiger charge is 2.44. The molecule has 1 spiro atoms. The summed E-state index contributed by atoms with van der Waals surface area (Å²) >= 11 is 0. The molecule has 2 atom stereocenters. The van der Waals surface area contributed by atoms with Gasteiger partial charge in [-0.2, -0.15) is 0 Å². The summed E-state index contributed by atoms with van der Waals surface area (Å²) in [6.07, 6.45) is 7.39. The molecule has 0 amide bonds. The molecule has 2 rings (SSSR count). The smallest absolute Gasteiger partial charge is 0.138 e. The van der Waals surface area contributed by atoms with Crippen molar-refractivity contribution in [3.05, 3.63) is 0 Å². The summed E-state index contributed by atoms with van der Waals surface area (Å²) in [5.41, 5.74) is 5.59. The molecule has 2 N–H and O–H groups in total. The molecule has 0 aromatic rings. The fraction of sp³-hybridized carbons (Fsp3) is 0.929. The number of nitrogens with two attached hydrogens (primary N) is 1. The van der Waals surface area contributed by atoms with E-state index in [9.17, 15) is 4.79 Å². The number of carbonyl (C=O) groups is 1. The fourth-order valence-corrected chi connectivity index (χ4v) is 3.16. The fourth-order valence-electron chi connectivity index (χ4n) is 3.16. The van der Waals surface area contributed by atoms with Crippen LogP contribution in [0.15, 0.2) is 0 Å². The number of ether oxygens (including phenoxy) is 1. The molecule has 2 aliphatic rings. The van der Waals surface area contributed by atoms with E-state index >= 15 is 0 Å². The van der Waals surface area contributed by atoms with Crippen LogP contribution in [0.25, 0.3) is 0 Å². The zero-order valence-electron chi connectivity index (χ0n) is 10.9. The molecule has 3 heteroatoms. The number of hydrogen-bond donors (Lipinski definition) is 1. The van der Waals surface area contributed by atoms with Crippen molar-refractivity contribution in [3.8, 4) is 0 Å². The van der Waals surface area contributed by atoms with E-state index in [1.54, 1.807) is 0 Å². The Morgan fingerprint density at radius 3 is 2.88 bits per heavy atom. The van der Waals surface area contributed by atoms with Gasteiger partial charge in [0.2, 0.25) is 0 Å². The maximum atomic E-state index is 12.3. The highest BCUT2D eigenvalue weighted by Crippen LogP contribution is 2.44. The van der Waals surface area contributed by atoms with Gasteiger partial charge in [0, 0.05) is 18.4 Å². The maximum Gasteiger partial charge on any atom is 0.138 e. The van der Waals surface area contributed by atoms with Crippen LogP contribution in [-0.2, 0) is 9.53 Å². The Kier molecular flexibility index (Phi) is 4.21. The monoisotopic (exact) mass is 239 g/mol. The third-order valence-electron chi connectivity index (χ3n) is 4.49. The second-order valence-electron chi connectivity index (χ2n) is 5.81. The molecule has 17 heavy (non-hydrogen) atoms. The molecule has 98 valence electrons. The zero-order chi connectivity index (χ0) is 12.3. The number of Topliss-reactive ketones (excluding diaryl/α,β-unsaturated/α-hetero) is 1. The summed E-state index contributed by atoms with van der Waals surface area (Å²) < 4.78 is 5.87. The Bertz CT molecular complexity index is 273. The Morgan fingerprint density at radius 1 is 1.53 bits per heavy atom.